The molecule has 1 aliphatic heterocycles. The number of hydrogen-bond acceptors (Lipinski definition) is 2. The lowest BCUT2D eigenvalue weighted by Gasteiger charge is -2.19. The third kappa shape index (κ3) is 2.46. The summed E-state index contributed by atoms with van der Waals surface area (Å²) in [6.07, 6.45) is 4.50. The molecule has 3 nitrogen and oxygen atoms in total. The molecule has 0 unspecified atom stereocenters. The second kappa shape index (κ2) is 4.81. The average Bonchev–Trinajstić information content (AvgIpc) is 3.08. The first-order chi connectivity index (χ1) is 8.74. The zero-order valence-electron chi connectivity index (χ0n) is 10.3. The largest absolute Gasteiger partial charge is 0.371 e. The number of nitrogens with one attached hydrogen (secondary N) is 1. The second-order valence-corrected chi connectivity index (χ2v) is 5.53. The summed E-state index contributed by atoms with van der Waals surface area (Å²) in [5.41, 5.74) is 1.90. The van der Waals surface area contributed by atoms with Crippen molar-refractivity contribution in [3.63, 3.8) is 0 Å². The molecule has 1 heterocycles. The minimum Gasteiger partial charge on any atom is -0.371 e. The van der Waals surface area contributed by atoms with Crippen molar-refractivity contribution in [2.24, 2.45) is 5.92 Å². The summed E-state index contributed by atoms with van der Waals surface area (Å²) in [5.74, 6) is 0.312. The van der Waals surface area contributed by atoms with Crippen LogP contribution in [0.2, 0.25) is 5.02 Å². The number of halogens is 1. The summed E-state index contributed by atoms with van der Waals surface area (Å²) in [7, 11) is 0. The van der Waals surface area contributed by atoms with Crippen molar-refractivity contribution >= 4 is 28.9 Å². The first-order valence-electron chi connectivity index (χ1n) is 6.59. The van der Waals surface area contributed by atoms with E-state index in [1.807, 2.05) is 18.2 Å². The highest BCUT2D eigenvalue weighted by Gasteiger charge is 2.30. The number of hydrogen-bond donors (Lipinski definition) is 1. The Hall–Kier alpha value is -1.22. The van der Waals surface area contributed by atoms with E-state index in [-0.39, 0.29) is 11.8 Å². The summed E-state index contributed by atoms with van der Waals surface area (Å²) in [5, 5.41) is 3.56. The Balaban J connectivity index is 1.78. The van der Waals surface area contributed by atoms with E-state index in [0.29, 0.717) is 5.02 Å². The van der Waals surface area contributed by atoms with Gasteiger partial charge in [0, 0.05) is 24.7 Å². The summed E-state index contributed by atoms with van der Waals surface area (Å²) >= 11 is 6.14. The number of anilines is 2. The third-order valence-electron chi connectivity index (χ3n) is 3.63. The number of benzene rings is 1. The van der Waals surface area contributed by atoms with Crippen molar-refractivity contribution in [1.82, 2.24) is 0 Å². The highest BCUT2D eigenvalue weighted by atomic mass is 35.5. The maximum Gasteiger partial charge on any atom is 0.227 e. The van der Waals surface area contributed by atoms with Gasteiger partial charge in [-0.3, -0.25) is 4.79 Å². The summed E-state index contributed by atoms with van der Waals surface area (Å²) in [6.45, 7) is 2.19. The lowest BCUT2D eigenvalue weighted by Crippen LogP contribution is -2.18. The molecule has 1 aromatic rings. The van der Waals surface area contributed by atoms with E-state index >= 15 is 0 Å². The zero-order chi connectivity index (χ0) is 12.5. The molecule has 2 fully saturated rings. The average molecular weight is 265 g/mol. The van der Waals surface area contributed by atoms with Gasteiger partial charge in [-0.1, -0.05) is 11.6 Å². The van der Waals surface area contributed by atoms with Crippen molar-refractivity contribution in [3.8, 4) is 0 Å². The molecule has 3 rings (SSSR count). The van der Waals surface area contributed by atoms with Gasteiger partial charge in [0.25, 0.3) is 0 Å². The Morgan fingerprint density at radius 1 is 1.28 bits per heavy atom. The molecule has 4 heteroatoms. The molecule has 18 heavy (non-hydrogen) atoms. The van der Waals surface area contributed by atoms with E-state index in [1.165, 1.54) is 12.8 Å². The van der Waals surface area contributed by atoms with Gasteiger partial charge in [0.2, 0.25) is 5.91 Å². The molecular formula is C14H17ClN2O. The van der Waals surface area contributed by atoms with Crippen LogP contribution in [0.15, 0.2) is 18.2 Å². The molecule has 1 saturated carbocycles. The Morgan fingerprint density at radius 2 is 2.00 bits per heavy atom. The fourth-order valence-corrected chi connectivity index (χ4v) is 2.53. The molecule has 0 atom stereocenters. The van der Waals surface area contributed by atoms with Crippen LogP contribution >= 0.6 is 11.6 Å². The molecule has 1 N–H and O–H groups in total. The molecule has 1 amide bonds. The van der Waals surface area contributed by atoms with Gasteiger partial charge in [-0.05, 0) is 43.9 Å². The van der Waals surface area contributed by atoms with Crippen LogP contribution in [0.4, 0.5) is 11.4 Å². The number of nitrogens with zero attached hydrogens (tertiary/aromatic N) is 1. The fraction of sp³-hybridized carbons (Fsp3) is 0.500. The van der Waals surface area contributed by atoms with Gasteiger partial charge in [0.15, 0.2) is 0 Å². The van der Waals surface area contributed by atoms with Crippen LogP contribution in [-0.2, 0) is 4.79 Å². The molecule has 0 spiro atoms. The molecule has 96 valence electrons. The van der Waals surface area contributed by atoms with Crippen molar-refractivity contribution in [2.75, 3.05) is 23.3 Å². The maximum atomic E-state index is 11.8. The van der Waals surface area contributed by atoms with E-state index < -0.39 is 0 Å². The molecule has 1 aromatic carbocycles. The Labute approximate surface area is 112 Å². The topological polar surface area (TPSA) is 32.3 Å². The van der Waals surface area contributed by atoms with Gasteiger partial charge in [0.05, 0.1) is 10.7 Å². The van der Waals surface area contributed by atoms with Crippen molar-refractivity contribution in [1.29, 1.82) is 0 Å². The smallest absolute Gasteiger partial charge is 0.227 e. The molecule has 1 saturated heterocycles. The minimum atomic E-state index is 0.107. The fourth-order valence-electron chi connectivity index (χ4n) is 2.36. The highest BCUT2D eigenvalue weighted by Crippen LogP contribution is 2.33. The first-order valence-corrected chi connectivity index (χ1v) is 6.97. The van der Waals surface area contributed by atoms with Crippen molar-refractivity contribution < 1.29 is 4.79 Å². The van der Waals surface area contributed by atoms with Crippen LogP contribution in [0.25, 0.3) is 0 Å². The van der Waals surface area contributed by atoms with Crippen LogP contribution in [0.1, 0.15) is 25.7 Å². The van der Waals surface area contributed by atoms with Crippen molar-refractivity contribution in [2.45, 2.75) is 25.7 Å². The molecule has 1 aliphatic carbocycles. The second-order valence-electron chi connectivity index (χ2n) is 5.12. The number of carbonyl (C=O) groups is 1. The van der Waals surface area contributed by atoms with E-state index in [4.69, 9.17) is 11.6 Å². The predicted molar refractivity (Wildman–Crippen MR) is 74.3 cm³/mol. The normalized spacial score (nSPS) is 19.1. The summed E-state index contributed by atoms with van der Waals surface area (Å²) in [6, 6.07) is 5.89. The predicted octanol–water partition coefficient (Wildman–Crippen LogP) is 3.29. The number of carbonyl (C=O) groups excluding carboxylic acids is 1. The Morgan fingerprint density at radius 3 is 2.67 bits per heavy atom. The summed E-state index contributed by atoms with van der Waals surface area (Å²) in [4.78, 5) is 14.1. The quantitative estimate of drug-likeness (QED) is 0.909. The van der Waals surface area contributed by atoms with E-state index in [0.717, 1.165) is 37.3 Å². The number of rotatable bonds is 3. The van der Waals surface area contributed by atoms with Crippen molar-refractivity contribution in [3.05, 3.63) is 23.2 Å². The lowest BCUT2D eigenvalue weighted by atomic mass is 10.2. The molecule has 0 radical (unpaired) electrons. The van der Waals surface area contributed by atoms with Gasteiger partial charge in [-0.15, -0.1) is 0 Å². The van der Waals surface area contributed by atoms with Crippen LogP contribution < -0.4 is 10.2 Å². The van der Waals surface area contributed by atoms with Crippen LogP contribution in [-0.4, -0.2) is 19.0 Å². The Kier molecular flexibility index (Phi) is 3.16. The lowest BCUT2D eigenvalue weighted by molar-refractivity contribution is -0.117. The monoisotopic (exact) mass is 264 g/mol. The SMILES string of the molecule is O=C(Nc1cc(N2CCCC2)ccc1Cl)C1CC1. The standard InChI is InChI=1S/C14H17ClN2O/c15-12-6-5-11(17-7-1-2-8-17)9-13(12)16-14(18)10-3-4-10/h5-6,9-10H,1-4,7-8H2,(H,16,18). The van der Waals surface area contributed by atoms with Crippen LogP contribution in [0.3, 0.4) is 0 Å². The summed E-state index contributed by atoms with van der Waals surface area (Å²) < 4.78 is 0. The molecule has 0 bridgehead atoms. The van der Waals surface area contributed by atoms with Gasteiger partial charge < -0.3 is 10.2 Å². The van der Waals surface area contributed by atoms with Crippen LogP contribution in [0, 0.1) is 5.92 Å². The van der Waals surface area contributed by atoms with Gasteiger partial charge in [-0.25, -0.2) is 0 Å². The maximum absolute atomic E-state index is 11.8. The minimum absolute atomic E-state index is 0.107. The van der Waals surface area contributed by atoms with Crippen LogP contribution in [0.5, 0.6) is 0 Å². The van der Waals surface area contributed by atoms with Gasteiger partial charge in [0.1, 0.15) is 0 Å². The third-order valence-corrected chi connectivity index (χ3v) is 3.96. The highest BCUT2D eigenvalue weighted by molar-refractivity contribution is 6.33. The number of amides is 1. The van der Waals surface area contributed by atoms with Gasteiger partial charge in [-0.2, -0.15) is 0 Å². The van der Waals surface area contributed by atoms with E-state index in [9.17, 15) is 4.79 Å². The molecular weight excluding hydrogens is 248 g/mol. The van der Waals surface area contributed by atoms with E-state index in [2.05, 4.69) is 10.2 Å². The zero-order valence-corrected chi connectivity index (χ0v) is 11.0. The van der Waals surface area contributed by atoms with E-state index in [1.54, 1.807) is 0 Å². The first kappa shape index (κ1) is 11.8. The Bertz CT molecular complexity index is 465. The molecule has 2 aliphatic rings. The van der Waals surface area contributed by atoms with Gasteiger partial charge >= 0.3 is 0 Å². The molecule has 0 aromatic heterocycles.